The standard InChI is InChI=1S/C29H39N5OS/c1-6-13-20(2)25-26(33(4)5)27(35)32-29(31-25)34(18-22-14-9-7-10-15-22)19-24-21(3)30-28(36-24)23-16-11-8-12-17-23/h8,11-12,16-17,22H,2,6-7,9-10,13-15,18-19H2,1,3-5H3,(H,31,32,35). The molecule has 0 aliphatic heterocycles. The second-order valence-corrected chi connectivity index (χ2v) is 11.2. The van der Waals surface area contributed by atoms with Gasteiger partial charge in [0.15, 0.2) is 0 Å². The lowest BCUT2D eigenvalue weighted by atomic mass is 9.89. The van der Waals surface area contributed by atoms with Crippen LogP contribution in [0.2, 0.25) is 0 Å². The number of aromatic amines is 1. The summed E-state index contributed by atoms with van der Waals surface area (Å²) in [6.07, 6.45) is 8.10. The van der Waals surface area contributed by atoms with E-state index in [0.717, 1.165) is 41.2 Å². The average Bonchev–Trinajstić information content (AvgIpc) is 3.24. The Labute approximate surface area is 219 Å². The number of rotatable bonds is 10. The number of hydrogen-bond donors (Lipinski definition) is 1. The summed E-state index contributed by atoms with van der Waals surface area (Å²) >= 11 is 1.73. The fourth-order valence-electron chi connectivity index (χ4n) is 5.05. The molecule has 0 radical (unpaired) electrons. The first-order chi connectivity index (χ1) is 17.4. The predicted molar refractivity (Wildman–Crippen MR) is 153 cm³/mol. The van der Waals surface area contributed by atoms with Crippen LogP contribution in [0.15, 0.2) is 41.7 Å². The van der Waals surface area contributed by atoms with Gasteiger partial charge in [0.25, 0.3) is 5.56 Å². The quantitative estimate of drug-likeness (QED) is 0.333. The van der Waals surface area contributed by atoms with E-state index >= 15 is 0 Å². The van der Waals surface area contributed by atoms with E-state index in [1.807, 2.05) is 37.2 Å². The van der Waals surface area contributed by atoms with Crippen molar-refractivity contribution in [2.24, 2.45) is 5.92 Å². The monoisotopic (exact) mass is 505 g/mol. The molecule has 36 heavy (non-hydrogen) atoms. The molecule has 0 saturated heterocycles. The van der Waals surface area contributed by atoms with Gasteiger partial charge in [-0.05, 0) is 37.7 Å². The highest BCUT2D eigenvalue weighted by Gasteiger charge is 2.24. The molecule has 3 aromatic rings. The summed E-state index contributed by atoms with van der Waals surface area (Å²) in [7, 11) is 3.78. The molecule has 7 heteroatoms. The third-order valence-electron chi connectivity index (χ3n) is 6.97. The van der Waals surface area contributed by atoms with Crippen LogP contribution in [0, 0.1) is 12.8 Å². The summed E-state index contributed by atoms with van der Waals surface area (Å²) in [6, 6.07) is 10.3. The van der Waals surface area contributed by atoms with Crippen LogP contribution in [0.25, 0.3) is 16.1 Å². The van der Waals surface area contributed by atoms with E-state index in [4.69, 9.17) is 9.97 Å². The number of H-pyrrole nitrogens is 1. The molecule has 1 aliphatic rings. The summed E-state index contributed by atoms with van der Waals surface area (Å²) in [5.41, 5.74) is 4.25. The summed E-state index contributed by atoms with van der Waals surface area (Å²) in [6.45, 7) is 10.0. The highest BCUT2D eigenvalue weighted by molar-refractivity contribution is 7.15. The van der Waals surface area contributed by atoms with Gasteiger partial charge < -0.3 is 9.80 Å². The maximum atomic E-state index is 13.3. The first-order valence-corrected chi connectivity index (χ1v) is 14.0. The normalized spacial score (nSPS) is 14.1. The summed E-state index contributed by atoms with van der Waals surface area (Å²) in [4.78, 5) is 31.7. The van der Waals surface area contributed by atoms with Crippen LogP contribution in [0.3, 0.4) is 0 Å². The number of hydrogen-bond acceptors (Lipinski definition) is 6. The van der Waals surface area contributed by atoms with Crippen molar-refractivity contribution in [3.05, 3.63) is 63.5 Å². The Morgan fingerprint density at radius 3 is 2.53 bits per heavy atom. The van der Waals surface area contributed by atoms with Crippen LogP contribution >= 0.6 is 11.3 Å². The van der Waals surface area contributed by atoms with Gasteiger partial charge in [-0.2, -0.15) is 0 Å². The second kappa shape index (κ2) is 11.9. The van der Waals surface area contributed by atoms with Crippen molar-refractivity contribution in [3.63, 3.8) is 0 Å². The summed E-state index contributed by atoms with van der Waals surface area (Å²) < 4.78 is 0. The van der Waals surface area contributed by atoms with Gasteiger partial charge in [0.2, 0.25) is 5.95 Å². The molecule has 4 rings (SSSR count). The molecule has 2 heterocycles. The van der Waals surface area contributed by atoms with Crippen LogP contribution in [0.5, 0.6) is 0 Å². The molecule has 0 spiro atoms. The lowest BCUT2D eigenvalue weighted by Crippen LogP contribution is -2.34. The maximum absolute atomic E-state index is 13.3. The van der Waals surface area contributed by atoms with E-state index in [9.17, 15) is 4.79 Å². The Bertz CT molecular complexity index is 1220. The number of aryl methyl sites for hydroxylation is 1. The van der Waals surface area contributed by atoms with E-state index in [-0.39, 0.29) is 5.56 Å². The second-order valence-electron chi connectivity index (χ2n) is 10.1. The Morgan fingerprint density at radius 2 is 1.86 bits per heavy atom. The minimum atomic E-state index is -0.114. The number of nitrogens with one attached hydrogen (secondary N) is 1. The average molecular weight is 506 g/mol. The summed E-state index contributed by atoms with van der Waals surface area (Å²) in [5, 5.41) is 1.03. The van der Waals surface area contributed by atoms with Crippen molar-refractivity contribution in [2.75, 3.05) is 30.4 Å². The van der Waals surface area contributed by atoms with Crippen LogP contribution in [-0.4, -0.2) is 35.6 Å². The Hall–Kier alpha value is -2.93. The molecule has 1 saturated carbocycles. The van der Waals surface area contributed by atoms with Crippen LogP contribution in [0.4, 0.5) is 11.6 Å². The molecule has 6 nitrogen and oxygen atoms in total. The molecule has 1 aromatic carbocycles. The van der Waals surface area contributed by atoms with Crippen LogP contribution < -0.4 is 15.4 Å². The van der Waals surface area contributed by atoms with Gasteiger partial charge in [-0.15, -0.1) is 11.3 Å². The number of nitrogens with zero attached hydrogens (tertiary/aromatic N) is 4. The van der Waals surface area contributed by atoms with Gasteiger partial charge in [-0.25, -0.2) is 9.97 Å². The molecular formula is C29H39N5OS. The first-order valence-electron chi connectivity index (χ1n) is 13.1. The lowest BCUT2D eigenvalue weighted by Gasteiger charge is -2.31. The molecule has 0 atom stereocenters. The van der Waals surface area contributed by atoms with Crippen molar-refractivity contribution >= 4 is 28.5 Å². The number of anilines is 2. The van der Waals surface area contributed by atoms with Crippen molar-refractivity contribution in [1.29, 1.82) is 0 Å². The number of aromatic nitrogens is 3. The first kappa shape index (κ1) is 26.1. The Balaban J connectivity index is 1.73. The zero-order valence-electron chi connectivity index (χ0n) is 22.1. The minimum Gasteiger partial charge on any atom is -0.371 e. The van der Waals surface area contributed by atoms with Crippen LogP contribution in [0.1, 0.15) is 68.1 Å². The van der Waals surface area contributed by atoms with E-state index in [2.05, 4.69) is 42.4 Å². The minimum absolute atomic E-state index is 0.114. The third kappa shape index (κ3) is 6.06. The zero-order valence-corrected chi connectivity index (χ0v) is 23.0. The van der Waals surface area contributed by atoms with Crippen LogP contribution in [-0.2, 0) is 6.54 Å². The molecule has 0 bridgehead atoms. The maximum Gasteiger partial charge on any atom is 0.276 e. The lowest BCUT2D eigenvalue weighted by molar-refractivity contribution is 0.356. The smallest absolute Gasteiger partial charge is 0.276 e. The van der Waals surface area contributed by atoms with E-state index in [1.165, 1.54) is 37.0 Å². The largest absolute Gasteiger partial charge is 0.371 e. The molecule has 0 amide bonds. The fourth-order valence-corrected chi connectivity index (χ4v) is 6.13. The van der Waals surface area contributed by atoms with Gasteiger partial charge in [-0.1, -0.05) is 69.5 Å². The molecule has 1 fully saturated rings. The van der Waals surface area contributed by atoms with Gasteiger partial charge in [0, 0.05) is 31.1 Å². The van der Waals surface area contributed by atoms with E-state index in [1.54, 1.807) is 11.3 Å². The van der Waals surface area contributed by atoms with Gasteiger partial charge in [0.05, 0.1) is 17.9 Å². The van der Waals surface area contributed by atoms with E-state index in [0.29, 0.717) is 29.8 Å². The van der Waals surface area contributed by atoms with Gasteiger partial charge in [-0.3, -0.25) is 9.78 Å². The van der Waals surface area contributed by atoms with Crippen molar-refractivity contribution in [3.8, 4) is 10.6 Å². The molecule has 0 unspecified atom stereocenters. The highest BCUT2D eigenvalue weighted by Crippen LogP contribution is 2.32. The Morgan fingerprint density at radius 1 is 1.14 bits per heavy atom. The zero-order chi connectivity index (χ0) is 25.7. The SMILES string of the molecule is C=C(CCC)c1nc(N(Cc2sc(-c3ccccc3)nc2C)CC2CCCCC2)[nH]c(=O)c1N(C)C. The van der Waals surface area contributed by atoms with Crippen molar-refractivity contribution < 1.29 is 0 Å². The Kier molecular flexibility index (Phi) is 8.62. The predicted octanol–water partition coefficient (Wildman–Crippen LogP) is 6.67. The third-order valence-corrected chi connectivity index (χ3v) is 8.16. The van der Waals surface area contributed by atoms with E-state index < -0.39 is 0 Å². The topological polar surface area (TPSA) is 65.1 Å². The molecule has 1 N–H and O–H groups in total. The van der Waals surface area contributed by atoms with Gasteiger partial charge in [0.1, 0.15) is 10.7 Å². The number of allylic oxidation sites excluding steroid dienone is 1. The molecule has 192 valence electrons. The van der Waals surface area contributed by atoms with Gasteiger partial charge >= 0.3 is 0 Å². The summed E-state index contributed by atoms with van der Waals surface area (Å²) in [5.74, 6) is 1.24. The number of thiazole rings is 1. The number of benzene rings is 1. The van der Waals surface area contributed by atoms with Crippen molar-refractivity contribution in [1.82, 2.24) is 15.0 Å². The molecule has 2 aromatic heterocycles. The molecule has 1 aliphatic carbocycles. The van der Waals surface area contributed by atoms with Crippen molar-refractivity contribution in [2.45, 2.75) is 65.3 Å². The highest BCUT2D eigenvalue weighted by atomic mass is 32.1. The fraction of sp³-hybridized carbons (Fsp3) is 0.483. The molecular weight excluding hydrogens is 466 g/mol.